The number of carbonyl (C=O) groups is 2. The number of aryl methyl sites for hydroxylation is 1. The third kappa shape index (κ3) is 0.970. The molecule has 1 aliphatic heterocycles. The van der Waals surface area contributed by atoms with Gasteiger partial charge >= 0.3 is 0 Å². The Kier molecular flexibility index (Phi) is 1.36. The molecule has 0 bridgehead atoms. The van der Waals surface area contributed by atoms with Crippen LogP contribution in [0.4, 0.5) is 5.82 Å². The largest absolute Gasteiger partial charge is 0.383 e. The number of carbonyl (C=O) groups excluding carboxylic acids is 2. The van der Waals surface area contributed by atoms with Crippen molar-refractivity contribution < 1.29 is 9.59 Å². The SMILES string of the molecule is Cc1cc2c(c(N)n1)C(=O)NC2=O. The van der Waals surface area contributed by atoms with Crippen LogP contribution in [0, 0.1) is 6.92 Å². The summed E-state index contributed by atoms with van der Waals surface area (Å²) in [6.45, 7) is 1.71. The van der Waals surface area contributed by atoms with Gasteiger partial charge in [-0.2, -0.15) is 0 Å². The van der Waals surface area contributed by atoms with Crippen LogP contribution >= 0.6 is 0 Å². The van der Waals surface area contributed by atoms with Crippen molar-refractivity contribution in [1.29, 1.82) is 0 Å². The fourth-order valence-electron chi connectivity index (χ4n) is 1.35. The van der Waals surface area contributed by atoms with E-state index in [0.29, 0.717) is 11.3 Å². The molecule has 13 heavy (non-hydrogen) atoms. The fraction of sp³-hybridized carbons (Fsp3) is 0.125. The Bertz CT molecular complexity index is 426. The molecule has 1 aromatic rings. The van der Waals surface area contributed by atoms with Crippen molar-refractivity contribution in [3.05, 3.63) is 22.9 Å². The maximum absolute atomic E-state index is 11.2. The summed E-state index contributed by atoms with van der Waals surface area (Å²) in [5, 5.41) is 2.15. The summed E-state index contributed by atoms with van der Waals surface area (Å²) in [5.74, 6) is -0.763. The second-order valence-corrected chi connectivity index (χ2v) is 2.85. The molecule has 5 heteroatoms. The highest BCUT2D eigenvalue weighted by Gasteiger charge is 2.29. The second-order valence-electron chi connectivity index (χ2n) is 2.85. The molecule has 0 saturated heterocycles. The van der Waals surface area contributed by atoms with E-state index in [9.17, 15) is 9.59 Å². The van der Waals surface area contributed by atoms with Crippen molar-refractivity contribution in [3.63, 3.8) is 0 Å². The maximum atomic E-state index is 11.2. The summed E-state index contributed by atoms with van der Waals surface area (Å²) in [6.07, 6.45) is 0. The lowest BCUT2D eigenvalue weighted by atomic mass is 10.1. The van der Waals surface area contributed by atoms with Crippen LogP contribution in [0.25, 0.3) is 0 Å². The fourth-order valence-corrected chi connectivity index (χ4v) is 1.35. The Hall–Kier alpha value is -1.91. The lowest BCUT2D eigenvalue weighted by molar-refractivity contribution is 0.0880. The topological polar surface area (TPSA) is 85.1 Å². The molecule has 0 spiro atoms. The van der Waals surface area contributed by atoms with E-state index in [0.717, 1.165) is 0 Å². The van der Waals surface area contributed by atoms with E-state index >= 15 is 0 Å². The zero-order valence-corrected chi connectivity index (χ0v) is 6.92. The molecule has 0 aliphatic carbocycles. The van der Waals surface area contributed by atoms with Crippen LogP contribution in [-0.2, 0) is 0 Å². The maximum Gasteiger partial charge on any atom is 0.262 e. The molecule has 2 amide bonds. The normalized spacial score (nSPS) is 14.2. The number of nitrogen functional groups attached to an aromatic ring is 1. The van der Waals surface area contributed by atoms with Gasteiger partial charge in [-0.3, -0.25) is 14.9 Å². The number of aromatic nitrogens is 1. The number of amides is 2. The average molecular weight is 177 g/mol. The molecule has 2 rings (SSSR count). The van der Waals surface area contributed by atoms with Gasteiger partial charge in [0.2, 0.25) is 0 Å². The van der Waals surface area contributed by atoms with Gasteiger partial charge in [0.15, 0.2) is 0 Å². The Morgan fingerprint density at radius 2 is 2.08 bits per heavy atom. The molecule has 1 aromatic heterocycles. The molecule has 2 heterocycles. The molecule has 0 saturated carbocycles. The number of nitrogens with two attached hydrogens (primary N) is 1. The summed E-state index contributed by atoms with van der Waals surface area (Å²) in [5.41, 5.74) is 6.63. The van der Waals surface area contributed by atoms with Gasteiger partial charge < -0.3 is 5.73 Å². The van der Waals surface area contributed by atoms with Crippen molar-refractivity contribution in [2.24, 2.45) is 0 Å². The molecular formula is C8H7N3O2. The first-order valence-corrected chi connectivity index (χ1v) is 3.72. The van der Waals surface area contributed by atoms with Crippen molar-refractivity contribution in [2.75, 3.05) is 5.73 Å². The lowest BCUT2D eigenvalue weighted by Gasteiger charge is -1.99. The molecular weight excluding hydrogens is 170 g/mol. The number of fused-ring (bicyclic) bond motifs is 1. The molecule has 0 aromatic carbocycles. The number of hydrogen-bond donors (Lipinski definition) is 2. The Balaban J connectivity index is 2.77. The molecule has 0 atom stereocenters. The van der Waals surface area contributed by atoms with Gasteiger partial charge in [0.1, 0.15) is 5.82 Å². The number of nitrogens with zero attached hydrogens (tertiary/aromatic N) is 1. The number of imide groups is 1. The van der Waals surface area contributed by atoms with Gasteiger partial charge in [-0.1, -0.05) is 0 Å². The van der Waals surface area contributed by atoms with Crippen molar-refractivity contribution in [1.82, 2.24) is 10.3 Å². The quantitative estimate of drug-likeness (QED) is 0.540. The van der Waals surface area contributed by atoms with Crippen LogP contribution in [0.5, 0.6) is 0 Å². The number of nitrogens with one attached hydrogen (secondary N) is 1. The highest BCUT2D eigenvalue weighted by molar-refractivity contribution is 6.23. The van der Waals surface area contributed by atoms with Crippen molar-refractivity contribution in [3.8, 4) is 0 Å². The summed E-state index contributed by atoms with van der Waals surface area (Å²) in [4.78, 5) is 26.2. The Morgan fingerprint density at radius 3 is 2.77 bits per heavy atom. The van der Waals surface area contributed by atoms with Gasteiger partial charge in [0.25, 0.3) is 11.8 Å². The average Bonchev–Trinajstić information content (AvgIpc) is 2.27. The van der Waals surface area contributed by atoms with Crippen LogP contribution in [0.1, 0.15) is 26.4 Å². The highest BCUT2D eigenvalue weighted by atomic mass is 16.2. The number of rotatable bonds is 0. The van der Waals surface area contributed by atoms with Crippen molar-refractivity contribution in [2.45, 2.75) is 6.92 Å². The molecule has 1 aliphatic rings. The lowest BCUT2D eigenvalue weighted by Crippen LogP contribution is -2.20. The van der Waals surface area contributed by atoms with Gasteiger partial charge in [0, 0.05) is 5.69 Å². The summed E-state index contributed by atoms with van der Waals surface area (Å²) in [7, 11) is 0. The minimum Gasteiger partial charge on any atom is -0.383 e. The zero-order valence-electron chi connectivity index (χ0n) is 6.92. The first-order valence-electron chi connectivity index (χ1n) is 3.72. The van der Waals surface area contributed by atoms with Gasteiger partial charge in [-0.05, 0) is 13.0 Å². The number of hydrogen-bond acceptors (Lipinski definition) is 4. The van der Waals surface area contributed by atoms with E-state index in [-0.39, 0.29) is 11.4 Å². The molecule has 0 fully saturated rings. The van der Waals surface area contributed by atoms with Gasteiger partial charge in [0.05, 0.1) is 11.1 Å². The second kappa shape index (κ2) is 2.29. The van der Waals surface area contributed by atoms with Crippen LogP contribution in [-0.4, -0.2) is 16.8 Å². The van der Waals surface area contributed by atoms with E-state index < -0.39 is 11.8 Å². The molecule has 5 nitrogen and oxygen atoms in total. The smallest absolute Gasteiger partial charge is 0.262 e. The highest BCUT2D eigenvalue weighted by Crippen LogP contribution is 2.20. The number of pyridine rings is 1. The van der Waals surface area contributed by atoms with Crippen LogP contribution in [0.2, 0.25) is 0 Å². The molecule has 66 valence electrons. The third-order valence-corrected chi connectivity index (χ3v) is 1.87. The van der Waals surface area contributed by atoms with E-state index in [2.05, 4.69) is 10.3 Å². The zero-order chi connectivity index (χ0) is 9.59. The number of anilines is 1. The third-order valence-electron chi connectivity index (χ3n) is 1.87. The van der Waals surface area contributed by atoms with E-state index in [1.807, 2.05) is 0 Å². The van der Waals surface area contributed by atoms with E-state index in [1.165, 1.54) is 0 Å². The summed E-state index contributed by atoms with van der Waals surface area (Å²) < 4.78 is 0. The predicted octanol–water partition coefficient (Wildman–Crippen LogP) is -0.144. The monoisotopic (exact) mass is 177 g/mol. The Morgan fingerprint density at radius 1 is 1.38 bits per heavy atom. The predicted molar refractivity (Wildman–Crippen MR) is 45.2 cm³/mol. The minimum atomic E-state index is -0.468. The van der Waals surface area contributed by atoms with Gasteiger partial charge in [-0.15, -0.1) is 0 Å². The van der Waals surface area contributed by atoms with E-state index in [1.54, 1.807) is 13.0 Å². The van der Waals surface area contributed by atoms with Crippen LogP contribution in [0.3, 0.4) is 0 Å². The Labute approximate surface area is 74.0 Å². The first kappa shape index (κ1) is 7.72. The molecule has 0 unspecified atom stereocenters. The first-order chi connectivity index (χ1) is 6.09. The molecule has 0 radical (unpaired) electrons. The molecule has 3 N–H and O–H groups in total. The van der Waals surface area contributed by atoms with Gasteiger partial charge in [-0.25, -0.2) is 4.98 Å². The minimum absolute atomic E-state index is 0.110. The summed E-state index contributed by atoms with van der Waals surface area (Å²) in [6, 6.07) is 1.55. The van der Waals surface area contributed by atoms with Crippen LogP contribution < -0.4 is 11.1 Å². The van der Waals surface area contributed by atoms with Crippen LogP contribution in [0.15, 0.2) is 6.07 Å². The van der Waals surface area contributed by atoms with Crippen molar-refractivity contribution >= 4 is 17.6 Å². The van der Waals surface area contributed by atoms with E-state index in [4.69, 9.17) is 5.73 Å². The standard InChI is InChI=1S/C8H7N3O2/c1-3-2-4-5(6(9)10-3)8(13)11-7(4)12/h2H,1H3,(H2,9,10)(H,11,12,13). The summed E-state index contributed by atoms with van der Waals surface area (Å²) >= 11 is 0.